The van der Waals surface area contributed by atoms with E-state index in [-0.39, 0.29) is 12.3 Å². The molecule has 2 N–H and O–H groups in total. The molecule has 0 unspecified atom stereocenters. The number of nitrogens with two attached hydrogens (primary N) is 1. The largest absolute Gasteiger partial charge is 0.324 e. The zero-order valence-corrected chi connectivity index (χ0v) is 7.58. The SMILES string of the molecule is CC(=O)CN.Cc1ccccc1. The van der Waals surface area contributed by atoms with Crippen LogP contribution in [0.4, 0.5) is 0 Å². The van der Waals surface area contributed by atoms with Crippen LogP contribution in [-0.4, -0.2) is 12.3 Å². The van der Waals surface area contributed by atoms with Gasteiger partial charge in [0, 0.05) is 0 Å². The number of carbonyl (C=O) groups excluding carboxylic acids is 1. The molecule has 0 fully saturated rings. The van der Waals surface area contributed by atoms with Crippen molar-refractivity contribution < 1.29 is 4.79 Å². The Kier molecular flexibility index (Phi) is 5.93. The molecule has 66 valence electrons. The molecule has 0 spiro atoms. The van der Waals surface area contributed by atoms with Crippen LogP contribution in [0.3, 0.4) is 0 Å². The van der Waals surface area contributed by atoms with Gasteiger partial charge in [-0.2, -0.15) is 0 Å². The van der Waals surface area contributed by atoms with E-state index in [2.05, 4.69) is 19.1 Å². The molecule has 12 heavy (non-hydrogen) atoms. The summed E-state index contributed by atoms with van der Waals surface area (Å²) in [4.78, 5) is 9.69. The molecule has 0 bridgehead atoms. The van der Waals surface area contributed by atoms with Gasteiger partial charge in [-0.3, -0.25) is 4.79 Å². The third kappa shape index (κ3) is 6.96. The van der Waals surface area contributed by atoms with E-state index < -0.39 is 0 Å². The average molecular weight is 165 g/mol. The Morgan fingerprint density at radius 1 is 1.33 bits per heavy atom. The highest BCUT2D eigenvalue weighted by Crippen LogP contribution is 1.92. The summed E-state index contributed by atoms with van der Waals surface area (Å²) in [5, 5.41) is 0. The molecule has 0 radical (unpaired) electrons. The molecular weight excluding hydrogens is 150 g/mol. The number of benzene rings is 1. The number of Topliss-reactive ketones (excluding diaryl/α,β-unsaturated/α-hetero) is 1. The maximum absolute atomic E-state index is 9.69. The van der Waals surface area contributed by atoms with Crippen LogP contribution in [0.25, 0.3) is 0 Å². The molecule has 0 atom stereocenters. The van der Waals surface area contributed by atoms with Gasteiger partial charge in [-0.05, 0) is 13.8 Å². The molecule has 2 nitrogen and oxygen atoms in total. The third-order valence-corrected chi connectivity index (χ3v) is 1.23. The van der Waals surface area contributed by atoms with Gasteiger partial charge in [0.25, 0.3) is 0 Å². The van der Waals surface area contributed by atoms with Crippen molar-refractivity contribution in [3.05, 3.63) is 35.9 Å². The van der Waals surface area contributed by atoms with Gasteiger partial charge in [0.15, 0.2) is 0 Å². The lowest BCUT2D eigenvalue weighted by Crippen LogP contribution is -2.07. The van der Waals surface area contributed by atoms with Gasteiger partial charge < -0.3 is 5.73 Å². The minimum atomic E-state index is 0.0324. The Morgan fingerprint density at radius 3 is 1.92 bits per heavy atom. The monoisotopic (exact) mass is 165 g/mol. The van der Waals surface area contributed by atoms with Crippen molar-refractivity contribution in [3.8, 4) is 0 Å². The summed E-state index contributed by atoms with van der Waals surface area (Å²) >= 11 is 0. The van der Waals surface area contributed by atoms with Crippen molar-refractivity contribution in [1.29, 1.82) is 0 Å². The first kappa shape index (κ1) is 10.8. The Labute approximate surface area is 73.4 Å². The number of hydrogen-bond donors (Lipinski definition) is 1. The minimum absolute atomic E-state index is 0.0324. The number of carbonyl (C=O) groups is 1. The molecule has 0 aromatic heterocycles. The molecule has 1 rings (SSSR count). The first-order valence-electron chi connectivity index (χ1n) is 3.88. The van der Waals surface area contributed by atoms with Crippen molar-refractivity contribution in [1.82, 2.24) is 0 Å². The maximum Gasteiger partial charge on any atom is 0.143 e. The van der Waals surface area contributed by atoms with Crippen LogP contribution in [-0.2, 0) is 4.79 Å². The number of aryl methyl sites for hydroxylation is 1. The van der Waals surface area contributed by atoms with E-state index in [4.69, 9.17) is 5.73 Å². The lowest BCUT2D eigenvalue weighted by atomic mass is 10.2. The molecule has 0 saturated heterocycles. The fraction of sp³-hybridized carbons (Fsp3) is 0.300. The van der Waals surface area contributed by atoms with Crippen LogP contribution in [0.2, 0.25) is 0 Å². The Balaban J connectivity index is 0.000000217. The fourth-order valence-corrected chi connectivity index (χ4v) is 0.534. The standard InChI is InChI=1S/C7H8.C3H7NO/c1-7-5-3-2-4-6-7;1-3(5)2-4/h2-6H,1H3;2,4H2,1H3. The van der Waals surface area contributed by atoms with Crippen LogP contribution < -0.4 is 5.73 Å². The summed E-state index contributed by atoms with van der Waals surface area (Å²) < 4.78 is 0. The highest BCUT2D eigenvalue weighted by molar-refractivity contribution is 5.77. The summed E-state index contributed by atoms with van der Waals surface area (Å²) in [6, 6.07) is 10.3. The van der Waals surface area contributed by atoms with Crippen molar-refractivity contribution >= 4 is 5.78 Å². The van der Waals surface area contributed by atoms with E-state index in [1.807, 2.05) is 18.2 Å². The minimum Gasteiger partial charge on any atom is -0.324 e. The highest BCUT2D eigenvalue weighted by atomic mass is 16.1. The van der Waals surface area contributed by atoms with E-state index in [1.165, 1.54) is 12.5 Å². The second-order valence-electron chi connectivity index (χ2n) is 2.56. The summed E-state index contributed by atoms with van der Waals surface area (Å²) in [6.07, 6.45) is 0. The van der Waals surface area contributed by atoms with Gasteiger partial charge in [0.05, 0.1) is 6.54 Å². The second-order valence-corrected chi connectivity index (χ2v) is 2.56. The van der Waals surface area contributed by atoms with Gasteiger partial charge in [0.2, 0.25) is 0 Å². The van der Waals surface area contributed by atoms with Crippen LogP contribution in [0.15, 0.2) is 30.3 Å². The first-order valence-corrected chi connectivity index (χ1v) is 3.88. The van der Waals surface area contributed by atoms with Crippen molar-refractivity contribution in [2.24, 2.45) is 5.73 Å². The summed E-state index contributed by atoms with van der Waals surface area (Å²) in [5.41, 5.74) is 6.14. The molecule has 1 aromatic rings. The van der Waals surface area contributed by atoms with Gasteiger partial charge in [0.1, 0.15) is 5.78 Å². The van der Waals surface area contributed by atoms with E-state index in [1.54, 1.807) is 0 Å². The van der Waals surface area contributed by atoms with Crippen LogP contribution >= 0.6 is 0 Å². The molecule has 0 aliphatic heterocycles. The van der Waals surface area contributed by atoms with Crippen molar-refractivity contribution in [2.45, 2.75) is 13.8 Å². The number of rotatable bonds is 1. The highest BCUT2D eigenvalue weighted by Gasteiger charge is 1.76. The third-order valence-electron chi connectivity index (χ3n) is 1.23. The zero-order valence-electron chi connectivity index (χ0n) is 7.58. The van der Waals surface area contributed by atoms with E-state index in [0.29, 0.717) is 0 Å². The van der Waals surface area contributed by atoms with Crippen molar-refractivity contribution in [3.63, 3.8) is 0 Å². The lowest BCUT2D eigenvalue weighted by Gasteiger charge is -1.82. The first-order chi connectivity index (χ1) is 5.66. The van der Waals surface area contributed by atoms with E-state index >= 15 is 0 Å². The molecule has 0 aliphatic carbocycles. The average Bonchev–Trinajstić information content (AvgIpc) is 2.07. The zero-order chi connectivity index (χ0) is 9.40. The molecule has 0 heterocycles. The van der Waals surface area contributed by atoms with Gasteiger partial charge in [-0.15, -0.1) is 0 Å². The van der Waals surface area contributed by atoms with E-state index in [9.17, 15) is 4.79 Å². The van der Waals surface area contributed by atoms with Crippen LogP contribution in [0, 0.1) is 6.92 Å². The summed E-state index contributed by atoms with van der Waals surface area (Å²) in [5.74, 6) is 0.0324. The molecule has 0 aliphatic rings. The Morgan fingerprint density at radius 2 is 1.75 bits per heavy atom. The predicted molar refractivity (Wildman–Crippen MR) is 50.9 cm³/mol. The van der Waals surface area contributed by atoms with Crippen LogP contribution in [0.5, 0.6) is 0 Å². The lowest BCUT2D eigenvalue weighted by molar-refractivity contribution is -0.115. The van der Waals surface area contributed by atoms with Gasteiger partial charge in [-0.1, -0.05) is 35.9 Å². The maximum atomic E-state index is 9.69. The van der Waals surface area contributed by atoms with E-state index in [0.717, 1.165) is 0 Å². The predicted octanol–water partition coefficient (Wildman–Crippen LogP) is 1.53. The van der Waals surface area contributed by atoms with Gasteiger partial charge >= 0.3 is 0 Å². The number of hydrogen-bond acceptors (Lipinski definition) is 2. The second kappa shape index (κ2) is 6.55. The van der Waals surface area contributed by atoms with Gasteiger partial charge in [-0.25, -0.2) is 0 Å². The van der Waals surface area contributed by atoms with Crippen LogP contribution in [0.1, 0.15) is 12.5 Å². The van der Waals surface area contributed by atoms with Crippen molar-refractivity contribution in [2.75, 3.05) is 6.54 Å². The Hall–Kier alpha value is -1.15. The molecule has 0 saturated carbocycles. The molecule has 1 aromatic carbocycles. The summed E-state index contributed by atoms with van der Waals surface area (Å²) in [6.45, 7) is 3.71. The fourth-order valence-electron chi connectivity index (χ4n) is 0.534. The number of ketones is 1. The quantitative estimate of drug-likeness (QED) is 0.685. The topological polar surface area (TPSA) is 43.1 Å². The molecule has 2 heteroatoms. The molecule has 0 amide bonds. The Bertz CT molecular complexity index is 219. The summed E-state index contributed by atoms with van der Waals surface area (Å²) in [7, 11) is 0. The molecular formula is C10H15NO. The normalized spacial score (nSPS) is 8.25. The smallest absolute Gasteiger partial charge is 0.143 e.